The Labute approximate surface area is 68.4 Å². The van der Waals surface area contributed by atoms with Gasteiger partial charge in [-0.1, -0.05) is 18.2 Å². The van der Waals surface area contributed by atoms with Crippen LogP contribution in [-0.2, 0) is 0 Å². The lowest BCUT2D eigenvalue weighted by Crippen LogP contribution is -2.31. The fourth-order valence-electron chi connectivity index (χ4n) is 1.34. The van der Waals surface area contributed by atoms with Crippen molar-refractivity contribution in [3.05, 3.63) is 23.8 Å². The van der Waals surface area contributed by atoms with E-state index in [-0.39, 0.29) is 0 Å². The van der Waals surface area contributed by atoms with E-state index >= 15 is 0 Å². The molecule has 62 valence electrons. The summed E-state index contributed by atoms with van der Waals surface area (Å²) in [4.78, 5) is 0. The molecule has 1 aliphatic carbocycles. The molecule has 0 aromatic heterocycles. The van der Waals surface area contributed by atoms with Gasteiger partial charge in [-0.25, -0.2) is 0 Å². The van der Waals surface area contributed by atoms with Crippen LogP contribution in [0.1, 0.15) is 33.1 Å². The Morgan fingerprint density at radius 1 is 1.73 bits per heavy atom. The zero-order valence-electron chi connectivity index (χ0n) is 7.35. The predicted octanol–water partition coefficient (Wildman–Crippen LogP) is 2.42. The Kier molecular flexibility index (Phi) is 2.19. The Morgan fingerprint density at radius 3 is 2.73 bits per heavy atom. The van der Waals surface area contributed by atoms with Crippen LogP contribution in [0.4, 0.5) is 0 Å². The number of hydrogen-bond donors (Lipinski definition) is 1. The average Bonchev–Trinajstić information content (AvgIpc) is 1.95. The van der Waals surface area contributed by atoms with Gasteiger partial charge >= 0.3 is 0 Å². The van der Waals surface area contributed by atoms with Crippen LogP contribution in [0.25, 0.3) is 0 Å². The normalized spacial score (nSPS) is 31.4. The third-order valence-corrected chi connectivity index (χ3v) is 2.52. The minimum absolute atomic E-state index is 0.612. The molecule has 0 aliphatic heterocycles. The fraction of sp³-hybridized carbons (Fsp3) is 0.600. The first-order valence-corrected chi connectivity index (χ1v) is 4.08. The van der Waals surface area contributed by atoms with Gasteiger partial charge in [-0.2, -0.15) is 0 Å². The minimum atomic E-state index is -0.612. The van der Waals surface area contributed by atoms with E-state index in [4.69, 9.17) is 0 Å². The van der Waals surface area contributed by atoms with E-state index < -0.39 is 5.60 Å². The summed E-state index contributed by atoms with van der Waals surface area (Å²) in [6.45, 7) is 7.80. The lowest BCUT2D eigenvalue weighted by atomic mass is 9.82. The molecule has 0 saturated carbocycles. The fourth-order valence-corrected chi connectivity index (χ4v) is 1.34. The molecule has 0 spiro atoms. The van der Waals surface area contributed by atoms with Gasteiger partial charge in [0.25, 0.3) is 0 Å². The molecular weight excluding hydrogens is 136 g/mol. The lowest BCUT2D eigenvalue weighted by Gasteiger charge is -2.31. The van der Waals surface area contributed by atoms with Crippen molar-refractivity contribution in [2.45, 2.75) is 38.7 Å². The third kappa shape index (κ3) is 1.72. The summed E-state index contributed by atoms with van der Waals surface area (Å²) in [7, 11) is 0. The standard InChI is InChI=1S/C10H16O/c1-8(2)10(11)6-4-9(3)5-7-10/h4,11H,1,5-7H2,2-3H3/t10-/m1/s1. The molecule has 0 bridgehead atoms. The number of rotatable bonds is 1. The van der Waals surface area contributed by atoms with Crippen LogP contribution in [0, 0.1) is 0 Å². The molecule has 0 amide bonds. The summed E-state index contributed by atoms with van der Waals surface area (Å²) >= 11 is 0. The Morgan fingerprint density at radius 2 is 2.36 bits per heavy atom. The van der Waals surface area contributed by atoms with Gasteiger partial charge in [0, 0.05) is 0 Å². The molecule has 0 unspecified atom stereocenters. The Bertz CT molecular complexity index is 203. The summed E-state index contributed by atoms with van der Waals surface area (Å²) in [6.07, 6.45) is 4.69. The van der Waals surface area contributed by atoms with E-state index in [1.54, 1.807) is 0 Å². The molecule has 0 radical (unpaired) electrons. The second kappa shape index (κ2) is 2.82. The minimum Gasteiger partial charge on any atom is -0.385 e. The van der Waals surface area contributed by atoms with Gasteiger partial charge in [0.05, 0.1) is 5.60 Å². The second-order valence-electron chi connectivity index (χ2n) is 3.57. The topological polar surface area (TPSA) is 20.2 Å². The molecule has 1 atom stereocenters. The summed E-state index contributed by atoms with van der Waals surface area (Å²) < 4.78 is 0. The molecule has 0 aromatic rings. The van der Waals surface area contributed by atoms with Crippen molar-refractivity contribution in [3.8, 4) is 0 Å². The molecule has 0 aromatic carbocycles. The van der Waals surface area contributed by atoms with E-state index in [0.29, 0.717) is 0 Å². The quantitative estimate of drug-likeness (QED) is 0.572. The van der Waals surface area contributed by atoms with Crippen molar-refractivity contribution in [3.63, 3.8) is 0 Å². The van der Waals surface area contributed by atoms with Crippen LogP contribution in [0.2, 0.25) is 0 Å². The van der Waals surface area contributed by atoms with Gasteiger partial charge in [0.2, 0.25) is 0 Å². The highest BCUT2D eigenvalue weighted by Crippen LogP contribution is 2.31. The molecule has 0 fully saturated rings. The lowest BCUT2D eigenvalue weighted by molar-refractivity contribution is 0.0679. The van der Waals surface area contributed by atoms with Crippen LogP contribution < -0.4 is 0 Å². The number of aliphatic hydroxyl groups is 1. The Balaban J connectivity index is 2.71. The maximum atomic E-state index is 9.92. The second-order valence-corrected chi connectivity index (χ2v) is 3.57. The third-order valence-electron chi connectivity index (χ3n) is 2.52. The van der Waals surface area contributed by atoms with Gasteiger partial charge in [-0.15, -0.1) is 0 Å². The van der Waals surface area contributed by atoms with Crippen LogP contribution in [0.15, 0.2) is 23.8 Å². The van der Waals surface area contributed by atoms with Crippen molar-refractivity contribution in [2.24, 2.45) is 0 Å². The summed E-state index contributed by atoms with van der Waals surface area (Å²) in [5, 5.41) is 9.92. The molecular formula is C10H16O. The molecule has 1 N–H and O–H groups in total. The number of hydrogen-bond acceptors (Lipinski definition) is 1. The zero-order chi connectivity index (χ0) is 8.48. The summed E-state index contributed by atoms with van der Waals surface area (Å²) in [5.74, 6) is 0. The van der Waals surface area contributed by atoms with Crippen molar-refractivity contribution in [1.29, 1.82) is 0 Å². The summed E-state index contributed by atoms with van der Waals surface area (Å²) in [6, 6.07) is 0. The van der Waals surface area contributed by atoms with Gasteiger partial charge in [-0.3, -0.25) is 0 Å². The van der Waals surface area contributed by atoms with Crippen LogP contribution >= 0.6 is 0 Å². The zero-order valence-corrected chi connectivity index (χ0v) is 7.35. The highest BCUT2D eigenvalue weighted by molar-refractivity contribution is 5.18. The maximum Gasteiger partial charge on any atom is 0.0888 e. The molecule has 1 nitrogen and oxygen atoms in total. The van der Waals surface area contributed by atoms with Crippen molar-refractivity contribution >= 4 is 0 Å². The maximum absolute atomic E-state index is 9.92. The Hall–Kier alpha value is -0.560. The monoisotopic (exact) mass is 152 g/mol. The average molecular weight is 152 g/mol. The number of allylic oxidation sites excluding steroid dienone is 1. The van der Waals surface area contributed by atoms with Gasteiger partial charge in [0.1, 0.15) is 0 Å². The van der Waals surface area contributed by atoms with E-state index in [0.717, 1.165) is 24.8 Å². The van der Waals surface area contributed by atoms with E-state index in [2.05, 4.69) is 19.6 Å². The van der Waals surface area contributed by atoms with Crippen LogP contribution in [0.3, 0.4) is 0 Å². The van der Waals surface area contributed by atoms with Crippen molar-refractivity contribution < 1.29 is 5.11 Å². The van der Waals surface area contributed by atoms with E-state index in [1.165, 1.54) is 5.57 Å². The smallest absolute Gasteiger partial charge is 0.0888 e. The predicted molar refractivity (Wildman–Crippen MR) is 47.4 cm³/mol. The highest BCUT2D eigenvalue weighted by Gasteiger charge is 2.28. The highest BCUT2D eigenvalue weighted by atomic mass is 16.3. The largest absolute Gasteiger partial charge is 0.385 e. The van der Waals surface area contributed by atoms with Crippen LogP contribution in [-0.4, -0.2) is 10.7 Å². The van der Waals surface area contributed by atoms with Gasteiger partial charge in [-0.05, 0) is 38.7 Å². The molecule has 0 heterocycles. The van der Waals surface area contributed by atoms with E-state index in [9.17, 15) is 5.11 Å². The van der Waals surface area contributed by atoms with E-state index in [1.807, 2.05) is 6.92 Å². The molecule has 1 rings (SSSR count). The van der Waals surface area contributed by atoms with Crippen molar-refractivity contribution in [1.82, 2.24) is 0 Å². The van der Waals surface area contributed by atoms with Crippen LogP contribution in [0.5, 0.6) is 0 Å². The molecule has 0 saturated heterocycles. The van der Waals surface area contributed by atoms with Gasteiger partial charge in [0.15, 0.2) is 0 Å². The van der Waals surface area contributed by atoms with Gasteiger partial charge < -0.3 is 5.11 Å². The molecule has 1 aliphatic rings. The SMILES string of the molecule is C=C(C)[C@@]1(O)CC=C(C)CC1. The van der Waals surface area contributed by atoms with Crippen molar-refractivity contribution in [2.75, 3.05) is 0 Å². The first-order valence-electron chi connectivity index (χ1n) is 4.08. The molecule has 11 heavy (non-hydrogen) atoms. The summed E-state index contributed by atoms with van der Waals surface area (Å²) in [5.41, 5.74) is 1.66. The first kappa shape index (κ1) is 8.54. The molecule has 1 heteroatoms. The first-order chi connectivity index (χ1) is 5.04.